The van der Waals surface area contributed by atoms with Crippen LogP contribution in [0.5, 0.6) is 0 Å². The van der Waals surface area contributed by atoms with E-state index in [4.69, 9.17) is 20.0 Å². The minimum atomic E-state index is -4.47. The summed E-state index contributed by atoms with van der Waals surface area (Å²) in [7, 11) is -17.8. The van der Waals surface area contributed by atoms with Crippen LogP contribution in [0.2, 0.25) is 0 Å². The Hall–Kier alpha value is -5.28. The smallest absolute Gasteiger partial charge is 0.247 e. The Morgan fingerprint density at radius 1 is 0.404 bits per heavy atom. The van der Waals surface area contributed by atoms with E-state index in [9.17, 15) is 51.9 Å². The summed E-state index contributed by atoms with van der Waals surface area (Å²) in [6.07, 6.45) is 0. The number of amidine groups is 6. The molecule has 4 aromatic carbocycles. The summed E-state index contributed by atoms with van der Waals surface area (Å²) in [5, 5.41) is 3.49. The van der Waals surface area contributed by atoms with Crippen LogP contribution in [0.1, 0.15) is 33.4 Å². The van der Waals surface area contributed by atoms with Crippen molar-refractivity contribution in [2.45, 2.75) is 19.6 Å². The van der Waals surface area contributed by atoms with Crippen LogP contribution in [0.25, 0.3) is 11.6 Å². The third kappa shape index (κ3) is 6.63. The molecule has 0 saturated carbocycles. The van der Waals surface area contributed by atoms with Gasteiger partial charge >= 0.3 is 57.5 Å². The third-order valence-electron chi connectivity index (χ3n) is 9.14. The van der Waals surface area contributed by atoms with E-state index in [2.05, 4.69) is 9.98 Å². The molecule has 20 nitrogen and oxygen atoms in total. The van der Waals surface area contributed by atoms with Crippen LogP contribution >= 0.6 is 0 Å². The Kier molecular flexibility index (Phi) is 8.71. The fourth-order valence-corrected chi connectivity index (χ4v) is 8.63. The van der Waals surface area contributed by atoms with Crippen LogP contribution < -0.4 is 21.1 Å². The van der Waals surface area contributed by atoms with Gasteiger partial charge in [0.25, 0.3) is 0 Å². The van der Waals surface area contributed by atoms with E-state index in [1.54, 1.807) is 0 Å². The van der Waals surface area contributed by atoms with Gasteiger partial charge in [0, 0.05) is 22.3 Å². The maximum absolute atomic E-state index is 12.3. The van der Waals surface area contributed by atoms with Crippen LogP contribution in [0, 0.1) is 0 Å². The zero-order valence-corrected chi connectivity index (χ0v) is 32.1. The summed E-state index contributed by atoms with van der Waals surface area (Å²) >= 11 is 0. The molecule has 4 atom stereocenters. The van der Waals surface area contributed by atoms with Crippen LogP contribution in [0.4, 0.5) is 0 Å². The Labute approximate surface area is 331 Å². The number of aliphatic imine (C=N–C) groups is 6. The van der Waals surface area contributed by atoms with Crippen molar-refractivity contribution in [3.05, 3.63) is 117 Å². The summed E-state index contributed by atoms with van der Waals surface area (Å²) in [6.45, 7) is 0. The summed E-state index contributed by atoms with van der Waals surface area (Å²) in [5.41, 5.74) is 1.54. The fourth-order valence-electron chi connectivity index (χ4n) is 6.56. The first-order chi connectivity index (χ1) is 26.2. The molecule has 0 aliphatic carbocycles. The molecule has 9 rings (SSSR count). The molecule has 5 heterocycles. The fraction of sp³-hybridized carbons (Fsp3) is 0. The van der Waals surface area contributed by atoms with E-state index >= 15 is 0 Å². The van der Waals surface area contributed by atoms with Crippen molar-refractivity contribution >= 4 is 87.1 Å². The SMILES string of the molecule is O=S(O)(=[OH+])c1ccc2c(c1)C1=NC3=c4ccc(S(=O)(O)=[OH+])cc4=C(N=C4N=C(N=C5[NH2+]C(=NC2=N1)c1cc(S(=O)(O)=[OH+])ccc15)c1ccc(S(=O)(O)=[OH+])cc14)[NH2+]3.[Cu+2]. The van der Waals surface area contributed by atoms with Gasteiger partial charge in [-0.15, -0.1) is 16.8 Å². The average Bonchev–Trinajstić information content (AvgIpc) is 3.84. The molecule has 4 unspecified atom stereocenters. The van der Waals surface area contributed by atoms with E-state index in [0.717, 1.165) is 0 Å². The topological polar surface area (TPSA) is 342 Å². The van der Waals surface area contributed by atoms with Gasteiger partial charge in [0.1, 0.15) is 19.6 Å². The van der Waals surface area contributed by atoms with Gasteiger partial charge in [-0.25, -0.2) is 38.8 Å². The zero-order chi connectivity index (χ0) is 39.7. The summed E-state index contributed by atoms with van der Waals surface area (Å²) in [5.74, 6) is 0.519. The summed E-state index contributed by atoms with van der Waals surface area (Å²) in [6, 6.07) is 15.3. The van der Waals surface area contributed by atoms with Gasteiger partial charge in [0.05, 0.1) is 21.6 Å². The Morgan fingerprint density at radius 3 is 1.25 bits per heavy atom. The second-order valence-electron chi connectivity index (χ2n) is 12.6. The Bertz CT molecular complexity index is 3420. The maximum atomic E-state index is 12.3. The predicted octanol–water partition coefficient (Wildman–Crippen LogP) is -1.79. The van der Waals surface area contributed by atoms with Crippen LogP contribution in [-0.4, -0.2) is 86.9 Å². The van der Waals surface area contributed by atoms with Gasteiger partial charge in [-0.05, 0) is 72.8 Å². The van der Waals surface area contributed by atoms with E-state index in [-0.39, 0.29) is 105 Å². The van der Waals surface area contributed by atoms with Crippen molar-refractivity contribution in [3.63, 3.8) is 0 Å². The van der Waals surface area contributed by atoms with Crippen molar-refractivity contribution in [2.24, 2.45) is 30.0 Å². The number of rotatable bonds is 4. The van der Waals surface area contributed by atoms with Crippen molar-refractivity contribution in [2.75, 3.05) is 0 Å². The predicted molar refractivity (Wildman–Crippen MR) is 199 cm³/mol. The molecule has 4 aromatic rings. The molecular weight excluding hydrogens is 880 g/mol. The van der Waals surface area contributed by atoms with Crippen LogP contribution in [-0.2, 0) is 57.5 Å². The largest absolute Gasteiger partial charge is 2.00 e. The molecule has 8 bridgehead atoms. The minimum absolute atomic E-state index is 0. The molecule has 25 heteroatoms. The molecular formula is C32H24CuN8O12S4+8. The Morgan fingerprint density at radius 2 is 0.772 bits per heavy atom. The first kappa shape index (κ1) is 38.6. The number of nitrogens with two attached hydrogens (primary N) is 2. The second-order valence-corrected chi connectivity index (χ2v) is 18.5. The van der Waals surface area contributed by atoms with Crippen LogP contribution in [0.3, 0.4) is 0 Å². The molecule has 5 aliphatic rings. The molecule has 5 aliphatic heterocycles. The van der Waals surface area contributed by atoms with Gasteiger partial charge in [-0.1, -0.05) is 0 Å². The molecule has 0 saturated heterocycles. The Balaban J connectivity index is 0.00000455. The molecule has 0 aromatic heterocycles. The zero-order valence-electron chi connectivity index (χ0n) is 27.9. The van der Waals surface area contributed by atoms with E-state index in [1.807, 2.05) is 0 Å². The second kappa shape index (κ2) is 12.9. The molecule has 0 spiro atoms. The maximum Gasteiger partial charge on any atom is 2.00 e. The van der Waals surface area contributed by atoms with Gasteiger partial charge in [0.2, 0.25) is 23.3 Å². The molecule has 12 N–H and O–H groups in total. The van der Waals surface area contributed by atoms with E-state index in [0.29, 0.717) is 21.9 Å². The van der Waals surface area contributed by atoms with Gasteiger partial charge in [-0.3, -0.25) is 0 Å². The van der Waals surface area contributed by atoms with E-state index < -0.39 is 40.5 Å². The van der Waals surface area contributed by atoms with Crippen molar-refractivity contribution in [3.8, 4) is 0 Å². The van der Waals surface area contributed by atoms with Crippen LogP contribution in [0.15, 0.2) is 122 Å². The summed E-state index contributed by atoms with van der Waals surface area (Å²) < 4.78 is 129. The first-order valence-corrected chi connectivity index (χ1v) is 21.6. The van der Waals surface area contributed by atoms with Crippen molar-refractivity contribution < 1.29 is 79.6 Å². The van der Waals surface area contributed by atoms with Crippen molar-refractivity contribution in [1.82, 2.24) is 0 Å². The van der Waals surface area contributed by atoms with Gasteiger partial charge in [-0.2, -0.15) is 36.8 Å². The number of hydrogen-bond acceptors (Lipinski definition) is 10. The molecule has 57 heavy (non-hydrogen) atoms. The molecule has 0 fully saturated rings. The monoisotopic (exact) mass is 903 g/mol. The quantitative estimate of drug-likeness (QED) is 0.0770. The van der Waals surface area contributed by atoms with E-state index in [1.165, 1.54) is 83.4 Å². The number of nitrogens with zero attached hydrogens (tertiary/aromatic N) is 6. The number of fused-ring (bicyclic) bond motifs is 16. The standard InChI is InChI=1S/C32H18N8O12S4.Cu/c41-53(42,43)13-1-5-17-21(9-13)29-34-25(17)33-26-18-6-2-15(55(47,48)49)11-23(18)31(35-26)40-32-24-12-16(56(50,51)52)4-8-20(24)28(39-32)38-30-22-10-14(54(44,45)46)3-7-19(22)27(36-29)37-30;/h1-12H,(H,41,42,43)(H,44,45,46)(H,47,48,49)(H,50,51,52)(H2,33,34,35,36,37,38,39,40);/q;+2/p+6. The molecule has 0 amide bonds. The number of hydrogen-bond donors (Lipinski definition) is 6. The minimum Gasteiger partial charge on any atom is -0.247 e. The molecule has 1 radical (unpaired) electrons. The number of quaternary nitrogens is 2. The number of benzene rings is 4. The molecule has 291 valence electrons. The third-order valence-corrected chi connectivity index (χ3v) is 12.6. The summed E-state index contributed by atoms with van der Waals surface area (Å²) in [4.78, 5) is 26.7. The van der Waals surface area contributed by atoms with Gasteiger partial charge in [0.15, 0.2) is 23.3 Å². The first-order valence-electron chi connectivity index (χ1n) is 15.7. The van der Waals surface area contributed by atoms with Crippen molar-refractivity contribution in [1.29, 1.82) is 0 Å². The normalized spacial score (nSPS) is 20.3. The van der Waals surface area contributed by atoms with Gasteiger partial charge < -0.3 is 0 Å². The average molecular weight is 904 g/mol.